The zero-order valence-corrected chi connectivity index (χ0v) is 12.7. The van der Waals surface area contributed by atoms with Gasteiger partial charge in [-0.3, -0.25) is 0 Å². The molecule has 3 nitrogen and oxygen atoms in total. The number of benzene rings is 1. The first kappa shape index (κ1) is 15.2. The van der Waals surface area contributed by atoms with Crippen LogP contribution in [0.5, 0.6) is 0 Å². The van der Waals surface area contributed by atoms with Crippen LogP contribution in [0.4, 0.5) is 0 Å². The average Bonchev–Trinajstić information content (AvgIpc) is 2.92. The van der Waals surface area contributed by atoms with E-state index in [1.807, 2.05) is 11.8 Å². The second-order valence-electron chi connectivity index (χ2n) is 4.52. The Bertz CT molecular complexity index is 484. The third kappa shape index (κ3) is 5.04. The molecule has 0 aliphatic rings. The van der Waals surface area contributed by atoms with Gasteiger partial charge in [0, 0.05) is 49.3 Å². The summed E-state index contributed by atoms with van der Waals surface area (Å²) < 4.78 is 7.35. The smallest absolute Gasteiger partial charge is 0.0587 e. The van der Waals surface area contributed by atoms with Crippen molar-refractivity contribution in [3.05, 3.63) is 54.4 Å². The van der Waals surface area contributed by atoms with Crippen molar-refractivity contribution in [3.8, 4) is 0 Å². The molecule has 0 amide bonds. The van der Waals surface area contributed by atoms with Crippen LogP contribution in [0.15, 0.2) is 53.6 Å². The molecule has 0 saturated carbocycles. The van der Waals surface area contributed by atoms with E-state index in [0.29, 0.717) is 0 Å². The lowest BCUT2D eigenvalue weighted by Crippen LogP contribution is -2.20. The second kappa shape index (κ2) is 8.84. The molecule has 0 atom stereocenters. The van der Waals surface area contributed by atoms with Crippen molar-refractivity contribution in [2.45, 2.75) is 18.0 Å². The molecule has 0 radical (unpaired) electrons. The number of ether oxygens (including phenoxy) is 1. The van der Waals surface area contributed by atoms with Gasteiger partial charge in [-0.2, -0.15) is 0 Å². The van der Waals surface area contributed by atoms with E-state index in [-0.39, 0.29) is 0 Å². The average molecular weight is 290 g/mol. The van der Waals surface area contributed by atoms with Crippen molar-refractivity contribution in [3.63, 3.8) is 0 Å². The van der Waals surface area contributed by atoms with Crippen molar-refractivity contribution in [1.29, 1.82) is 0 Å². The van der Waals surface area contributed by atoms with Gasteiger partial charge in [0.05, 0.1) is 6.61 Å². The van der Waals surface area contributed by atoms with Crippen molar-refractivity contribution >= 4 is 11.8 Å². The van der Waals surface area contributed by atoms with E-state index in [4.69, 9.17) is 4.74 Å². The van der Waals surface area contributed by atoms with Crippen molar-refractivity contribution < 1.29 is 4.74 Å². The van der Waals surface area contributed by atoms with Crippen LogP contribution in [-0.2, 0) is 17.8 Å². The molecule has 20 heavy (non-hydrogen) atoms. The van der Waals surface area contributed by atoms with Gasteiger partial charge in [-0.05, 0) is 24.3 Å². The number of aromatic nitrogens is 1. The lowest BCUT2D eigenvalue weighted by Gasteiger charge is -2.10. The molecule has 0 unspecified atom stereocenters. The maximum atomic E-state index is 5.03. The van der Waals surface area contributed by atoms with E-state index in [0.717, 1.165) is 32.0 Å². The maximum absolute atomic E-state index is 5.03. The monoisotopic (exact) mass is 290 g/mol. The lowest BCUT2D eigenvalue weighted by molar-refractivity contribution is 0.199. The predicted molar refractivity (Wildman–Crippen MR) is 85.2 cm³/mol. The number of nitrogens with one attached hydrogen (secondary N) is 1. The van der Waals surface area contributed by atoms with E-state index in [1.165, 1.54) is 10.6 Å². The molecule has 0 fully saturated rings. The maximum Gasteiger partial charge on any atom is 0.0587 e. The van der Waals surface area contributed by atoms with Gasteiger partial charge in [0.2, 0.25) is 0 Å². The minimum atomic E-state index is 0.755. The Morgan fingerprint density at radius 1 is 1.15 bits per heavy atom. The number of thioether (sulfide) groups is 1. The zero-order valence-electron chi connectivity index (χ0n) is 11.9. The normalized spacial score (nSPS) is 10.8. The topological polar surface area (TPSA) is 26.2 Å². The number of rotatable bonds is 9. The zero-order chi connectivity index (χ0) is 14.0. The SMILES string of the molecule is COCCNCc1cccn1CCSc1ccccc1. The Morgan fingerprint density at radius 3 is 2.80 bits per heavy atom. The van der Waals surface area contributed by atoms with Gasteiger partial charge in [0.25, 0.3) is 0 Å². The van der Waals surface area contributed by atoms with Crippen LogP contribution >= 0.6 is 11.8 Å². The van der Waals surface area contributed by atoms with E-state index in [9.17, 15) is 0 Å². The third-order valence-corrected chi connectivity index (χ3v) is 4.05. The van der Waals surface area contributed by atoms with Gasteiger partial charge >= 0.3 is 0 Å². The molecule has 1 heterocycles. The van der Waals surface area contributed by atoms with Gasteiger partial charge in [-0.15, -0.1) is 11.8 Å². The van der Waals surface area contributed by atoms with Crippen LogP contribution in [0.2, 0.25) is 0 Å². The van der Waals surface area contributed by atoms with Crippen molar-refractivity contribution in [2.24, 2.45) is 0 Å². The summed E-state index contributed by atoms with van der Waals surface area (Å²) in [4.78, 5) is 1.33. The third-order valence-electron chi connectivity index (χ3n) is 3.06. The molecule has 108 valence electrons. The van der Waals surface area contributed by atoms with Gasteiger partial charge in [0.1, 0.15) is 0 Å². The van der Waals surface area contributed by atoms with Crippen LogP contribution < -0.4 is 5.32 Å². The molecule has 2 aromatic rings. The highest BCUT2D eigenvalue weighted by Crippen LogP contribution is 2.17. The van der Waals surface area contributed by atoms with Crippen LogP contribution in [0.3, 0.4) is 0 Å². The summed E-state index contributed by atoms with van der Waals surface area (Å²) in [6, 6.07) is 14.8. The Balaban J connectivity index is 1.74. The summed E-state index contributed by atoms with van der Waals surface area (Å²) in [6.45, 7) is 3.57. The summed E-state index contributed by atoms with van der Waals surface area (Å²) in [5, 5.41) is 3.38. The van der Waals surface area contributed by atoms with Crippen LogP contribution in [-0.4, -0.2) is 30.6 Å². The first-order valence-corrected chi connectivity index (χ1v) is 7.90. The first-order valence-electron chi connectivity index (χ1n) is 6.91. The summed E-state index contributed by atoms with van der Waals surface area (Å²) in [6.07, 6.45) is 2.15. The Kier molecular flexibility index (Phi) is 6.71. The fraction of sp³-hybridized carbons (Fsp3) is 0.375. The number of hydrogen-bond acceptors (Lipinski definition) is 3. The van der Waals surface area contributed by atoms with Crippen LogP contribution in [0, 0.1) is 0 Å². The highest BCUT2D eigenvalue weighted by molar-refractivity contribution is 7.99. The van der Waals surface area contributed by atoms with E-state index < -0.39 is 0 Å². The molecule has 1 aromatic heterocycles. The van der Waals surface area contributed by atoms with Gasteiger partial charge in [-0.1, -0.05) is 18.2 Å². The lowest BCUT2D eigenvalue weighted by atomic mass is 10.4. The Hall–Kier alpha value is -1.23. The quantitative estimate of drug-likeness (QED) is 0.568. The Morgan fingerprint density at radius 2 is 2.00 bits per heavy atom. The highest BCUT2D eigenvalue weighted by Gasteiger charge is 2.01. The van der Waals surface area contributed by atoms with Crippen molar-refractivity contribution in [2.75, 3.05) is 26.0 Å². The van der Waals surface area contributed by atoms with E-state index >= 15 is 0 Å². The molecule has 1 N–H and O–H groups in total. The van der Waals surface area contributed by atoms with Gasteiger partial charge < -0.3 is 14.6 Å². The summed E-state index contributed by atoms with van der Waals surface area (Å²) in [5.41, 5.74) is 1.33. The molecule has 0 aliphatic carbocycles. The molecule has 0 bridgehead atoms. The number of nitrogens with zero attached hydrogens (tertiary/aromatic N) is 1. The standard InChI is InChI=1S/C16H22N2OS/c1-19-12-9-17-14-15-6-5-10-18(15)11-13-20-16-7-3-2-4-8-16/h2-8,10,17H,9,11-14H2,1H3. The largest absolute Gasteiger partial charge is 0.383 e. The molecule has 2 rings (SSSR count). The number of hydrogen-bond donors (Lipinski definition) is 1. The second-order valence-corrected chi connectivity index (χ2v) is 5.69. The molecule has 4 heteroatoms. The minimum absolute atomic E-state index is 0.755. The van der Waals surface area contributed by atoms with Crippen LogP contribution in [0.25, 0.3) is 0 Å². The first-order chi connectivity index (χ1) is 9.90. The minimum Gasteiger partial charge on any atom is -0.383 e. The summed E-state index contributed by atoms with van der Waals surface area (Å²) in [5.74, 6) is 1.09. The molecule has 0 saturated heterocycles. The van der Waals surface area contributed by atoms with Gasteiger partial charge in [-0.25, -0.2) is 0 Å². The summed E-state index contributed by atoms with van der Waals surface area (Å²) in [7, 11) is 1.73. The fourth-order valence-electron chi connectivity index (χ4n) is 2.00. The molecular weight excluding hydrogens is 268 g/mol. The van der Waals surface area contributed by atoms with Gasteiger partial charge in [0.15, 0.2) is 0 Å². The van der Waals surface area contributed by atoms with E-state index in [2.05, 4.69) is 58.5 Å². The molecule has 1 aromatic carbocycles. The van der Waals surface area contributed by atoms with Crippen molar-refractivity contribution in [1.82, 2.24) is 9.88 Å². The number of methoxy groups -OCH3 is 1. The molecule has 0 spiro atoms. The van der Waals surface area contributed by atoms with Crippen LogP contribution in [0.1, 0.15) is 5.69 Å². The summed E-state index contributed by atoms with van der Waals surface area (Å²) >= 11 is 1.90. The number of aryl methyl sites for hydroxylation is 1. The molecule has 0 aliphatic heterocycles. The Labute approximate surface area is 125 Å². The van der Waals surface area contributed by atoms with E-state index in [1.54, 1.807) is 7.11 Å². The molecular formula is C16H22N2OS. The fourth-order valence-corrected chi connectivity index (χ4v) is 2.87. The highest BCUT2D eigenvalue weighted by atomic mass is 32.2. The predicted octanol–water partition coefficient (Wildman–Crippen LogP) is 3.02.